The van der Waals surface area contributed by atoms with Gasteiger partial charge in [-0.3, -0.25) is 4.79 Å². The average molecular weight is 330 g/mol. The Kier molecular flexibility index (Phi) is 3.71. The van der Waals surface area contributed by atoms with Gasteiger partial charge in [-0.25, -0.2) is 0 Å². The number of fused-ring (bicyclic) bond motifs is 1. The summed E-state index contributed by atoms with van der Waals surface area (Å²) >= 11 is 0. The van der Waals surface area contributed by atoms with Gasteiger partial charge in [0.2, 0.25) is 0 Å². The van der Waals surface area contributed by atoms with Gasteiger partial charge in [-0.2, -0.15) is 0 Å². The number of rotatable bonds is 4. The van der Waals surface area contributed by atoms with Crippen LogP contribution in [0, 0.1) is 0 Å². The highest BCUT2D eigenvalue weighted by molar-refractivity contribution is 6.16. The normalized spacial score (nSPS) is 10.7. The fourth-order valence-corrected chi connectivity index (χ4v) is 2.65. The lowest BCUT2D eigenvalue weighted by molar-refractivity contribution is 0.103. The van der Waals surface area contributed by atoms with Crippen molar-refractivity contribution in [3.05, 3.63) is 90.2 Å². The van der Waals surface area contributed by atoms with E-state index in [2.05, 4.69) is 0 Å². The summed E-state index contributed by atoms with van der Waals surface area (Å²) in [4.78, 5) is 12.7. The van der Waals surface area contributed by atoms with Gasteiger partial charge in [0.25, 0.3) is 0 Å². The molecule has 0 saturated heterocycles. The van der Waals surface area contributed by atoms with E-state index in [9.17, 15) is 9.90 Å². The van der Waals surface area contributed by atoms with Gasteiger partial charge in [-0.05, 0) is 54.6 Å². The second-order valence-electron chi connectivity index (χ2n) is 5.60. The molecular formula is C21H14O4. The van der Waals surface area contributed by atoms with Gasteiger partial charge >= 0.3 is 0 Å². The first-order valence-electron chi connectivity index (χ1n) is 7.78. The summed E-state index contributed by atoms with van der Waals surface area (Å²) in [5.41, 5.74) is 1.50. The van der Waals surface area contributed by atoms with Crippen molar-refractivity contribution in [2.75, 3.05) is 0 Å². The number of benzene rings is 3. The number of hydrogen-bond acceptors (Lipinski definition) is 4. The second-order valence-corrected chi connectivity index (χ2v) is 5.60. The Morgan fingerprint density at radius 1 is 0.880 bits per heavy atom. The van der Waals surface area contributed by atoms with Gasteiger partial charge < -0.3 is 14.3 Å². The molecule has 0 spiro atoms. The lowest BCUT2D eigenvalue weighted by atomic mass is 10.0. The van der Waals surface area contributed by atoms with Crippen molar-refractivity contribution in [3.63, 3.8) is 0 Å². The number of carbonyl (C=O) groups excluding carboxylic acids is 1. The number of furan rings is 1. The van der Waals surface area contributed by atoms with Crippen molar-refractivity contribution in [3.8, 4) is 17.2 Å². The van der Waals surface area contributed by atoms with Gasteiger partial charge in [0, 0.05) is 10.9 Å². The lowest BCUT2D eigenvalue weighted by Crippen LogP contribution is -2.00. The molecule has 1 aromatic heterocycles. The maximum atomic E-state index is 12.7. The van der Waals surface area contributed by atoms with E-state index in [1.807, 2.05) is 30.3 Å². The van der Waals surface area contributed by atoms with Crippen LogP contribution in [-0.2, 0) is 0 Å². The molecule has 0 aliphatic rings. The van der Waals surface area contributed by atoms with Crippen LogP contribution in [0.2, 0.25) is 0 Å². The largest absolute Gasteiger partial charge is 0.508 e. The molecule has 25 heavy (non-hydrogen) atoms. The number of ether oxygens (including phenoxy) is 1. The first-order valence-corrected chi connectivity index (χ1v) is 7.78. The SMILES string of the molecule is O=C(c1ccc(Oc2ccccc2)cc1)c1coc2ccc(O)cc12. The van der Waals surface area contributed by atoms with Crippen LogP contribution in [0.1, 0.15) is 15.9 Å². The van der Waals surface area contributed by atoms with Crippen LogP contribution in [0.15, 0.2) is 83.5 Å². The molecule has 0 saturated carbocycles. The fourth-order valence-electron chi connectivity index (χ4n) is 2.65. The summed E-state index contributed by atoms with van der Waals surface area (Å²) in [6, 6.07) is 21.0. The quantitative estimate of drug-likeness (QED) is 0.525. The maximum absolute atomic E-state index is 12.7. The molecule has 1 heterocycles. The average Bonchev–Trinajstić information content (AvgIpc) is 3.05. The molecule has 122 valence electrons. The van der Waals surface area contributed by atoms with Crippen molar-refractivity contribution < 1.29 is 19.1 Å². The van der Waals surface area contributed by atoms with Gasteiger partial charge in [0.15, 0.2) is 5.78 Å². The van der Waals surface area contributed by atoms with Crippen LogP contribution >= 0.6 is 0 Å². The molecule has 0 unspecified atom stereocenters. The molecule has 4 nitrogen and oxygen atoms in total. The van der Waals surface area contributed by atoms with Crippen molar-refractivity contribution in [2.24, 2.45) is 0 Å². The highest BCUT2D eigenvalue weighted by Crippen LogP contribution is 2.28. The van der Waals surface area contributed by atoms with Gasteiger partial charge in [-0.1, -0.05) is 18.2 Å². The molecule has 3 aromatic carbocycles. The predicted molar refractivity (Wildman–Crippen MR) is 94.3 cm³/mol. The van der Waals surface area contributed by atoms with Crippen molar-refractivity contribution in [2.45, 2.75) is 0 Å². The van der Waals surface area contributed by atoms with Crippen LogP contribution in [0.25, 0.3) is 11.0 Å². The van der Waals surface area contributed by atoms with E-state index in [1.165, 1.54) is 18.4 Å². The number of hydrogen-bond donors (Lipinski definition) is 1. The molecule has 0 amide bonds. The molecule has 1 N–H and O–H groups in total. The molecule has 0 aliphatic carbocycles. The Balaban J connectivity index is 1.61. The van der Waals surface area contributed by atoms with E-state index < -0.39 is 0 Å². The minimum atomic E-state index is -0.171. The van der Waals surface area contributed by atoms with E-state index in [-0.39, 0.29) is 11.5 Å². The zero-order chi connectivity index (χ0) is 17.2. The summed E-state index contributed by atoms with van der Waals surface area (Å²) in [7, 11) is 0. The van der Waals surface area contributed by atoms with Crippen LogP contribution < -0.4 is 4.74 Å². The van der Waals surface area contributed by atoms with Crippen molar-refractivity contribution >= 4 is 16.8 Å². The minimum absolute atomic E-state index is 0.0922. The molecule has 4 rings (SSSR count). The number of phenols is 1. The van der Waals surface area contributed by atoms with Gasteiger partial charge in [0.1, 0.15) is 29.1 Å². The Morgan fingerprint density at radius 2 is 1.60 bits per heavy atom. The van der Waals surface area contributed by atoms with Gasteiger partial charge in [0.05, 0.1) is 5.56 Å². The molecule has 0 bridgehead atoms. The zero-order valence-electron chi connectivity index (χ0n) is 13.2. The topological polar surface area (TPSA) is 59.7 Å². The summed E-state index contributed by atoms with van der Waals surface area (Å²) in [6.45, 7) is 0. The molecule has 0 fully saturated rings. The van der Waals surface area contributed by atoms with Crippen LogP contribution in [0.4, 0.5) is 0 Å². The molecule has 4 heteroatoms. The molecule has 0 atom stereocenters. The Morgan fingerprint density at radius 3 is 2.36 bits per heavy atom. The standard InChI is InChI=1S/C21H14O4/c22-15-8-11-20-18(12-15)19(13-24-20)21(23)14-6-9-17(10-7-14)25-16-4-2-1-3-5-16/h1-13,22H. The van der Waals surface area contributed by atoms with Crippen molar-refractivity contribution in [1.29, 1.82) is 0 Å². The van der Waals surface area contributed by atoms with E-state index in [0.717, 1.165) is 5.75 Å². The van der Waals surface area contributed by atoms with Crippen LogP contribution in [0.5, 0.6) is 17.2 Å². The van der Waals surface area contributed by atoms with Gasteiger partial charge in [-0.15, -0.1) is 0 Å². The molecule has 4 aromatic rings. The smallest absolute Gasteiger partial charge is 0.196 e. The third-order valence-electron chi connectivity index (χ3n) is 3.90. The first kappa shape index (κ1) is 15.0. The summed E-state index contributed by atoms with van der Waals surface area (Å²) in [6.07, 6.45) is 1.42. The number of aromatic hydroxyl groups is 1. The zero-order valence-corrected chi connectivity index (χ0v) is 13.2. The Hall–Kier alpha value is -3.53. The van der Waals surface area contributed by atoms with E-state index >= 15 is 0 Å². The molecule has 0 aliphatic heterocycles. The molecule has 0 radical (unpaired) electrons. The number of carbonyl (C=O) groups is 1. The summed E-state index contributed by atoms with van der Waals surface area (Å²) < 4.78 is 11.1. The second kappa shape index (κ2) is 6.17. The lowest BCUT2D eigenvalue weighted by Gasteiger charge is -2.06. The number of ketones is 1. The van der Waals surface area contributed by atoms with Crippen LogP contribution in [0.3, 0.4) is 0 Å². The summed E-state index contributed by atoms with van der Waals surface area (Å²) in [5, 5.41) is 10.2. The Bertz CT molecular complexity index is 1030. The van der Waals surface area contributed by atoms with E-state index in [1.54, 1.807) is 30.3 Å². The summed E-state index contributed by atoms with van der Waals surface area (Å²) in [5.74, 6) is 1.31. The van der Waals surface area contributed by atoms with E-state index in [0.29, 0.717) is 27.8 Å². The van der Waals surface area contributed by atoms with E-state index in [4.69, 9.17) is 9.15 Å². The monoisotopic (exact) mass is 330 g/mol. The fraction of sp³-hybridized carbons (Fsp3) is 0. The minimum Gasteiger partial charge on any atom is -0.508 e. The Labute approximate surface area is 143 Å². The predicted octanol–water partition coefficient (Wildman–Crippen LogP) is 5.16. The highest BCUT2D eigenvalue weighted by atomic mass is 16.5. The number of para-hydroxylation sites is 1. The van der Waals surface area contributed by atoms with Crippen LogP contribution in [-0.4, -0.2) is 10.9 Å². The first-order chi connectivity index (χ1) is 12.2. The maximum Gasteiger partial charge on any atom is 0.196 e. The third-order valence-corrected chi connectivity index (χ3v) is 3.90. The molecular weight excluding hydrogens is 316 g/mol. The highest BCUT2D eigenvalue weighted by Gasteiger charge is 2.16. The third kappa shape index (κ3) is 2.97. The number of phenolic OH excluding ortho intramolecular Hbond substituents is 1. The van der Waals surface area contributed by atoms with Crippen molar-refractivity contribution in [1.82, 2.24) is 0 Å².